The van der Waals surface area contributed by atoms with Crippen LogP contribution in [0.2, 0.25) is 5.02 Å². The van der Waals surface area contributed by atoms with Gasteiger partial charge in [-0.1, -0.05) is 47.1 Å². The first-order chi connectivity index (χ1) is 12.6. The molecule has 0 aliphatic rings. The van der Waals surface area contributed by atoms with Crippen molar-refractivity contribution in [3.8, 4) is 5.69 Å². The van der Waals surface area contributed by atoms with E-state index in [1.165, 1.54) is 0 Å². The van der Waals surface area contributed by atoms with Crippen LogP contribution in [0.25, 0.3) is 5.69 Å². The second-order valence-electron chi connectivity index (χ2n) is 5.85. The van der Waals surface area contributed by atoms with E-state index >= 15 is 0 Å². The van der Waals surface area contributed by atoms with Gasteiger partial charge in [0.2, 0.25) is 0 Å². The number of carbonyl (C=O) groups excluding carboxylic acids is 1. The highest BCUT2D eigenvalue weighted by Crippen LogP contribution is 2.17. The molecular weight excluding hydrogens is 352 g/mol. The molecule has 0 bridgehead atoms. The fourth-order valence-electron chi connectivity index (χ4n) is 2.58. The smallest absolute Gasteiger partial charge is 0.274 e. The average molecular weight is 371 g/mol. The van der Waals surface area contributed by atoms with Crippen molar-refractivity contribution in [3.05, 3.63) is 76.1 Å². The van der Waals surface area contributed by atoms with Crippen LogP contribution >= 0.6 is 11.6 Å². The summed E-state index contributed by atoms with van der Waals surface area (Å²) in [5.74, 6) is -0.267. The van der Waals surface area contributed by atoms with Gasteiger partial charge in [-0.05, 0) is 36.2 Å². The van der Waals surface area contributed by atoms with E-state index in [0.29, 0.717) is 29.6 Å². The van der Waals surface area contributed by atoms with Crippen molar-refractivity contribution >= 4 is 17.5 Å². The van der Waals surface area contributed by atoms with Gasteiger partial charge in [-0.3, -0.25) is 4.79 Å². The van der Waals surface area contributed by atoms with Crippen molar-refractivity contribution in [3.63, 3.8) is 0 Å². The number of ether oxygens (including phenoxy) is 1. The van der Waals surface area contributed by atoms with Crippen LogP contribution < -0.4 is 5.32 Å². The summed E-state index contributed by atoms with van der Waals surface area (Å²) in [4.78, 5) is 12.4. The first kappa shape index (κ1) is 18.1. The van der Waals surface area contributed by atoms with E-state index in [4.69, 9.17) is 16.3 Å². The Morgan fingerprint density at radius 1 is 1.19 bits per heavy atom. The van der Waals surface area contributed by atoms with Crippen LogP contribution in [0.15, 0.2) is 48.5 Å². The van der Waals surface area contributed by atoms with Gasteiger partial charge in [-0.2, -0.15) is 0 Å². The topological polar surface area (TPSA) is 69.0 Å². The van der Waals surface area contributed by atoms with Gasteiger partial charge in [0.1, 0.15) is 0 Å². The van der Waals surface area contributed by atoms with Crippen LogP contribution in [0, 0.1) is 6.92 Å². The summed E-state index contributed by atoms with van der Waals surface area (Å²) >= 11 is 6.02. The third kappa shape index (κ3) is 4.09. The molecule has 1 N–H and O–H groups in total. The Kier molecular flexibility index (Phi) is 5.65. The number of carbonyl (C=O) groups is 1. The number of halogens is 1. The summed E-state index contributed by atoms with van der Waals surface area (Å²) in [6.07, 6.45) is 0. The number of hydrogen-bond acceptors (Lipinski definition) is 4. The summed E-state index contributed by atoms with van der Waals surface area (Å²) < 4.78 is 6.69. The molecule has 0 fully saturated rings. The molecule has 3 rings (SSSR count). The molecule has 3 aromatic rings. The van der Waals surface area contributed by atoms with Crippen molar-refractivity contribution in [1.82, 2.24) is 20.3 Å². The first-order valence-electron chi connectivity index (χ1n) is 8.11. The number of benzene rings is 2. The Morgan fingerprint density at radius 3 is 2.62 bits per heavy atom. The quantitative estimate of drug-likeness (QED) is 0.722. The van der Waals surface area contributed by atoms with Crippen LogP contribution in [0.4, 0.5) is 0 Å². The fraction of sp³-hybridized carbons (Fsp3) is 0.211. The highest BCUT2D eigenvalue weighted by Gasteiger charge is 2.17. The summed E-state index contributed by atoms with van der Waals surface area (Å²) in [5.41, 5.74) is 3.79. The summed E-state index contributed by atoms with van der Waals surface area (Å²) in [5, 5.41) is 11.6. The third-order valence-electron chi connectivity index (χ3n) is 3.95. The second kappa shape index (κ2) is 8.12. The maximum atomic E-state index is 12.4. The Hall–Kier alpha value is -2.70. The number of nitrogens with zero attached hydrogens (tertiary/aromatic N) is 3. The van der Waals surface area contributed by atoms with E-state index in [0.717, 1.165) is 16.8 Å². The molecule has 0 unspecified atom stereocenters. The van der Waals surface area contributed by atoms with E-state index < -0.39 is 0 Å². The monoisotopic (exact) mass is 370 g/mol. The molecule has 0 radical (unpaired) electrons. The second-order valence-corrected chi connectivity index (χ2v) is 6.28. The molecule has 2 aromatic carbocycles. The van der Waals surface area contributed by atoms with Crippen molar-refractivity contribution in [1.29, 1.82) is 0 Å². The van der Waals surface area contributed by atoms with Gasteiger partial charge in [0.15, 0.2) is 5.69 Å². The Labute approximate surface area is 156 Å². The summed E-state index contributed by atoms with van der Waals surface area (Å²) in [6, 6.07) is 15.1. The van der Waals surface area contributed by atoms with Crippen LogP contribution in [0.1, 0.15) is 27.3 Å². The molecule has 6 nitrogen and oxygen atoms in total. The van der Waals surface area contributed by atoms with Crippen molar-refractivity contribution in [2.45, 2.75) is 20.1 Å². The van der Waals surface area contributed by atoms with Crippen LogP contribution in [-0.2, 0) is 17.9 Å². The lowest BCUT2D eigenvalue weighted by molar-refractivity contribution is 0.0945. The zero-order chi connectivity index (χ0) is 18.5. The van der Waals surface area contributed by atoms with Crippen molar-refractivity contribution < 1.29 is 9.53 Å². The third-order valence-corrected chi connectivity index (χ3v) is 4.18. The maximum Gasteiger partial charge on any atom is 0.274 e. The average Bonchev–Trinajstić information content (AvgIpc) is 3.03. The molecule has 1 aromatic heterocycles. The highest BCUT2D eigenvalue weighted by atomic mass is 35.5. The van der Waals surface area contributed by atoms with Crippen molar-refractivity contribution in [2.24, 2.45) is 0 Å². The number of hydrogen-bond donors (Lipinski definition) is 1. The van der Waals surface area contributed by atoms with Crippen LogP contribution in [0.3, 0.4) is 0 Å². The molecule has 1 amide bonds. The molecule has 26 heavy (non-hydrogen) atoms. The zero-order valence-electron chi connectivity index (χ0n) is 14.6. The van der Waals surface area contributed by atoms with Crippen molar-refractivity contribution in [2.75, 3.05) is 7.11 Å². The predicted molar refractivity (Wildman–Crippen MR) is 99.4 cm³/mol. The predicted octanol–water partition coefficient (Wildman–Crippen LogP) is 3.31. The Morgan fingerprint density at radius 2 is 1.92 bits per heavy atom. The molecule has 0 atom stereocenters. The van der Waals surface area contributed by atoms with E-state index in [2.05, 4.69) is 15.6 Å². The minimum absolute atomic E-state index is 0.267. The van der Waals surface area contributed by atoms with E-state index in [1.54, 1.807) is 30.8 Å². The number of methoxy groups -OCH3 is 1. The van der Waals surface area contributed by atoms with Gasteiger partial charge in [-0.25, -0.2) is 4.68 Å². The van der Waals surface area contributed by atoms with E-state index in [-0.39, 0.29) is 5.91 Å². The Balaban J connectivity index is 1.68. The molecular formula is C19H19ClN4O2. The summed E-state index contributed by atoms with van der Waals surface area (Å²) in [7, 11) is 1.66. The number of amides is 1. The molecule has 134 valence electrons. The minimum atomic E-state index is -0.267. The lowest BCUT2D eigenvalue weighted by atomic mass is 10.1. The molecule has 0 saturated carbocycles. The normalized spacial score (nSPS) is 10.7. The van der Waals surface area contributed by atoms with Gasteiger partial charge < -0.3 is 10.1 Å². The number of rotatable bonds is 6. The Bertz CT molecular complexity index is 906. The van der Waals surface area contributed by atoms with Gasteiger partial charge >= 0.3 is 0 Å². The molecule has 7 heteroatoms. The van der Waals surface area contributed by atoms with Crippen LogP contribution in [-0.4, -0.2) is 28.0 Å². The molecule has 0 saturated heterocycles. The maximum absolute atomic E-state index is 12.4. The van der Waals surface area contributed by atoms with Gasteiger partial charge in [-0.15, -0.1) is 5.10 Å². The molecule has 0 aliphatic heterocycles. The number of aromatic nitrogens is 3. The largest absolute Gasteiger partial charge is 0.380 e. The van der Waals surface area contributed by atoms with Crippen LogP contribution in [0.5, 0.6) is 0 Å². The lowest BCUT2D eigenvalue weighted by Crippen LogP contribution is -2.24. The molecule has 0 aliphatic carbocycles. The SMILES string of the molecule is COCc1ccc(CNC(=O)c2nnn(-c3cccc(Cl)c3)c2C)cc1. The van der Waals surface area contributed by atoms with Gasteiger partial charge in [0.25, 0.3) is 5.91 Å². The molecule has 1 heterocycles. The molecule has 0 spiro atoms. The minimum Gasteiger partial charge on any atom is -0.380 e. The highest BCUT2D eigenvalue weighted by molar-refractivity contribution is 6.30. The number of nitrogens with one attached hydrogen (secondary N) is 1. The van der Waals surface area contributed by atoms with E-state index in [1.807, 2.05) is 36.4 Å². The summed E-state index contributed by atoms with van der Waals surface area (Å²) in [6.45, 7) is 2.78. The van der Waals surface area contributed by atoms with Gasteiger partial charge in [0.05, 0.1) is 18.0 Å². The standard InChI is InChI=1S/C19H19ClN4O2/c1-13-18(22-23-24(13)17-5-3-4-16(20)10-17)19(25)21-11-14-6-8-15(9-7-14)12-26-2/h3-10H,11-12H2,1-2H3,(H,21,25). The van der Waals surface area contributed by atoms with E-state index in [9.17, 15) is 4.79 Å². The lowest BCUT2D eigenvalue weighted by Gasteiger charge is -2.06. The van der Waals surface area contributed by atoms with Gasteiger partial charge in [0, 0.05) is 18.7 Å². The first-order valence-corrected chi connectivity index (χ1v) is 8.49. The zero-order valence-corrected chi connectivity index (χ0v) is 15.3. The fourth-order valence-corrected chi connectivity index (χ4v) is 2.76.